The van der Waals surface area contributed by atoms with Gasteiger partial charge in [0, 0.05) is 12.2 Å². The lowest BCUT2D eigenvalue weighted by molar-refractivity contribution is 0.251. The number of hydrogen-bond acceptors (Lipinski definition) is 1. The molecule has 1 fully saturated rings. The van der Waals surface area contributed by atoms with Gasteiger partial charge in [0.05, 0.1) is 0 Å². The summed E-state index contributed by atoms with van der Waals surface area (Å²) in [5.74, 6) is 0.608. The Bertz CT molecular complexity index is 358. The van der Waals surface area contributed by atoms with Crippen LogP contribution in [0, 0.1) is 5.92 Å². The molecule has 2 amide bonds. The third-order valence-electron chi connectivity index (χ3n) is 3.50. The van der Waals surface area contributed by atoms with E-state index in [-0.39, 0.29) is 6.03 Å². The predicted molar refractivity (Wildman–Crippen MR) is 69.9 cm³/mol. The van der Waals surface area contributed by atoms with Gasteiger partial charge in [0.2, 0.25) is 0 Å². The largest absolute Gasteiger partial charge is 0.351 e. The van der Waals surface area contributed by atoms with Gasteiger partial charge in [-0.05, 0) is 30.9 Å². The molecule has 1 aromatic rings. The van der Waals surface area contributed by atoms with Gasteiger partial charge in [0.1, 0.15) is 0 Å². The fourth-order valence-electron chi connectivity index (χ4n) is 2.56. The molecule has 0 radical (unpaired) electrons. The third kappa shape index (κ3) is 3.22. The van der Waals surface area contributed by atoms with Crippen LogP contribution >= 0.6 is 0 Å². The smallest absolute Gasteiger partial charge is 0.319 e. The molecule has 1 saturated carbocycles. The SMILES string of the molecule is NC(=O)N(CC1CCCCC1)c1ccccc1. The lowest BCUT2D eigenvalue weighted by Crippen LogP contribution is -2.39. The number of urea groups is 1. The molecule has 3 heteroatoms. The molecule has 3 nitrogen and oxygen atoms in total. The van der Waals surface area contributed by atoms with Crippen LogP contribution in [0.5, 0.6) is 0 Å². The molecular weight excluding hydrogens is 212 g/mol. The van der Waals surface area contributed by atoms with Crippen LogP contribution in [0.3, 0.4) is 0 Å². The van der Waals surface area contributed by atoms with Crippen molar-refractivity contribution >= 4 is 11.7 Å². The molecule has 1 aliphatic rings. The summed E-state index contributed by atoms with van der Waals surface area (Å²) in [6.45, 7) is 0.763. The first-order valence-corrected chi connectivity index (χ1v) is 6.39. The standard InChI is InChI=1S/C14H20N2O/c15-14(17)16(13-9-5-2-6-10-13)11-12-7-3-1-4-8-12/h2,5-6,9-10,12H,1,3-4,7-8,11H2,(H2,15,17). The minimum absolute atomic E-state index is 0.346. The Kier molecular flexibility index (Phi) is 4.02. The average Bonchev–Trinajstić information content (AvgIpc) is 2.38. The Morgan fingerprint density at radius 1 is 1.18 bits per heavy atom. The zero-order chi connectivity index (χ0) is 12.1. The van der Waals surface area contributed by atoms with E-state index in [0.717, 1.165) is 12.2 Å². The van der Waals surface area contributed by atoms with Crippen molar-refractivity contribution in [3.05, 3.63) is 30.3 Å². The monoisotopic (exact) mass is 232 g/mol. The molecule has 0 bridgehead atoms. The second kappa shape index (κ2) is 5.71. The van der Waals surface area contributed by atoms with Crippen molar-refractivity contribution in [2.45, 2.75) is 32.1 Å². The molecule has 0 atom stereocenters. The van der Waals surface area contributed by atoms with Crippen LogP contribution in [0.15, 0.2) is 30.3 Å². The van der Waals surface area contributed by atoms with Crippen molar-refractivity contribution in [3.8, 4) is 0 Å². The average molecular weight is 232 g/mol. The lowest BCUT2D eigenvalue weighted by Gasteiger charge is -2.28. The van der Waals surface area contributed by atoms with Crippen molar-refractivity contribution in [1.29, 1.82) is 0 Å². The van der Waals surface area contributed by atoms with Crippen LogP contribution in [0.2, 0.25) is 0 Å². The van der Waals surface area contributed by atoms with E-state index >= 15 is 0 Å². The maximum atomic E-state index is 11.5. The van der Waals surface area contributed by atoms with E-state index < -0.39 is 0 Å². The lowest BCUT2D eigenvalue weighted by atomic mass is 9.89. The zero-order valence-corrected chi connectivity index (χ0v) is 10.1. The van der Waals surface area contributed by atoms with Crippen LogP contribution in [-0.4, -0.2) is 12.6 Å². The van der Waals surface area contributed by atoms with Gasteiger partial charge in [0.25, 0.3) is 0 Å². The second-order valence-corrected chi connectivity index (χ2v) is 4.79. The number of hydrogen-bond donors (Lipinski definition) is 1. The zero-order valence-electron chi connectivity index (χ0n) is 10.1. The second-order valence-electron chi connectivity index (χ2n) is 4.79. The number of carbonyl (C=O) groups is 1. The van der Waals surface area contributed by atoms with Crippen molar-refractivity contribution < 1.29 is 4.79 Å². The topological polar surface area (TPSA) is 46.3 Å². The number of primary amides is 1. The molecule has 1 aromatic carbocycles. The van der Waals surface area contributed by atoms with E-state index in [2.05, 4.69) is 0 Å². The molecule has 0 spiro atoms. The van der Waals surface area contributed by atoms with E-state index in [1.54, 1.807) is 4.90 Å². The van der Waals surface area contributed by atoms with Crippen molar-refractivity contribution in [1.82, 2.24) is 0 Å². The first-order valence-electron chi connectivity index (χ1n) is 6.39. The van der Waals surface area contributed by atoms with Gasteiger partial charge in [-0.15, -0.1) is 0 Å². The summed E-state index contributed by atoms with van der Waals surface area (Å²) >= 11 is 0. The molecular formula is C14H20N2O. The van der Waals surface area contributed by atoms with E-state index in [1.165, 1.54) is 32.1 Å². The van der Waals surface area contributed by atoms with Gasteiger partial charge >= 0.3 is 6.03 Å². The van der Waals surface area contributed by atoms with Crippen LogP contribution in [-0.2, 0) is 0 Å². The molecule has 2 N–H and O–H groups in total. The Balaban J connectivity index is 2.05. The van der Waals surface area contributed by atoms with E-state index in [0.29, 0.717) is 5.92 Å². The summed E-state index contributed by atoms with van der Waals surface area (Å²) in [5.41, 5.74) is 6.38. The van der Waals surface area contributed by atoms with E-state index in [9.17, 15) is 4.79 Å². The van der Waals surface area contributed by atoms with Gasteiger partial charge in [-0.2, -0.15) is 0 Å². The number of carbonyl (C=O) groups excluding carboxylic acids is 1. The maximum absolute atomic E-state index is 11.5. The molecule has 1 aliphatic carbocycles. The molecule has 92 valence electrons. The number of nitrogens with two attached hydrogens (primary N) is 1. The van der Waals surface area contributed by atoms with Crippen LogP contribution < -0.4 is 10.6 Å². The Morgan fingerprint density at radius 2 is 1.82 bits per heavy atom. The summed E-state index contributed by atoms with van der Waals surface area (Å²) in [7, 11) is 0. The minimum Gasteiger partial charge on any atom is -0.351 e. The first-order chi connectivity index (χ1) is 8.27. The minimum atomic E-state index is -0.346. The highest BCUT2D eigenvalue weighted by Gasteiger charge is 2.20. The predicted octanol–water partition coefficient (Wildman–Crippen LogP) is 3.15. The summed E-state index contributed by atoms with van der Waals surface area (Å²) in [6, 6.07) is 9.35. The summed E-state index contributed by atoms with van der Waals surface area (Å²) < 4.78 is 0. The van der Waals surface area contributed by atoms with Gasteiger partial charge < -0.3 is 5.73 Å². The molecule has 17 heavy (non-hydrogen) atoms. The third-order valence-corrected chi connectivity index (χ3v) is 3.50. The van der Waals surface area contributed by atoms with Gasteiger partial charge in [0.15, 0.2) is 0 Å². The number of nitrogens with zero attached hydrogens (tertiary/aromatic N) is 1. The number of rotatable bonds is 3. The molecule has 2 rings (SSSR count). The van der Waals surface area contributed by atoms with Gasteiger partial charge in [-0.1, -0.05) is 37.5 Å². The summed E-state index contributed by atoms with van der Waals surface area (Å²) in [5, 5.41) is 0. The summed E-state index contributed by atoms with van der Waals surface area (Å²) in [6.07, 6.45) is 6.34. The highest BCUT2D eigenvalue weighted by molar-refractivity contribution is 5.90. The molecule has 0 saturated heterocycles. The quantitative estimate of drug-likeness (QED) is 0.855. The maximum Gasteiger partial charge on any atom is 0.319 e. The Morgan fingerprint density at radius 3 is 2.41 bits per heavy atom. The number of anilines is 1. The number of benzene rings is 1. The highest BCUT2D eigenvalue weighted by atomic mass is 16.2. The van der Waals surface area contributed by atoms with Crippen molar-refractivity contribution in [3.63, 3.8) is 0 Å². The van der Waals surface area contributed by atoms with Gasteiger partial charge in [-0.3, -0.25) is 4.90 Å². The van der Waals surface area contributed by atoms with Gasteiger partial charge in [-0.25, -0.2) is 4.79 Å². The first kappa shape index (κ1) is 12.0. The molecule has 0 heterocycles. The van der Waals surface area contributed by atoms with Crippen LogP contribution in [0.4, 0.5) is 10.5 Å². The molecule has 0 unspecified atom stereocenters. The fourth-order valence-corrected chi connectivity index (χ4v) is 2.56. The number of para-hydroxylation sites is 1. The highest BCUT2D eigenvalue weighted by Crippen LogP contribution is 2.26. The molecule has 0 aliphatic heterocycles. The van der Waals surface area contributed by atoms with Crippen molar-refractivity contribution in [2.75, 3.05) is 11.4 Å². The van der Waals surface area contributed by atoms with Crippen molar-refractivity contribution in [2.24, 2.45) is 11.7 Å². The van der Waals surface area contributed by atoms with E-state index in [4.69, 9.17) is 5.73 Å². The van der Waals surface area contributed by atoms with E-state index in [1.807, 2.05) is 30.3 Å². The summed E-state index contributed by atoms with van der Waals surface area (Å²) in [4.78, 5) is 13.2. The molecule has 0 aromatic heterocycles. The van der Waals surface area contributed by atoms with Crippen LogP contribution in [0.1, 0.15) is 32.1 Å². The normalized spacial score (nSPS) is 16.7. The Labute approximate surface area is 103 Å². The number of amides is 2. The fraction of sp³-hybridized carbons (Fsp3) is 0.500. The van der Waals surface area contributed by atoms with Crippen LogP contribution in [0.25, 0.3) is 0 Å². The Hall–Kier alpha value is -1.51.